The topological polar surface area (TPSA) is 20.2 Å². The summed E-state index contributed by atoms with van der Waals surface area (Å²) in [6.45, 7) is 0. The van der Waals surface area contributed by atoms with Crippen molar-refractivity contribution in [1.82, 2.24) is 0 Å². The molecule has 0 radical (unpaired) electrons. The maximum Gasteiger partial charge on any atom is 0.0622 e. The summed E-state index contributed by atoms with van der Waals surface area (Å²) < 4.78 is 1.16. The number of fused-ring (bicyclic) bond motifs is 1. The summed E-state index contributed by atoms with van der Waals surface area (Å²) in [4.78, 5) is 1.30. The summed E-state index contributed by atoms with van der Waals surface area (Å²) in [6.07, 6.45) is 4.85. The van der Waals surface area contributed by atoms with E-state index in [0.29, 0.717) is 5.92 Å². The van der Waals surface area contributed by atoms with Gasteiger partial charge >= 0.3 is 0 Å². The maximum absolute atomic E-state index is 10.2. The molecule has 82 valence electrons. The van der Waals surface area contributed by atoms with E-state index in [4.69, 9.17) is 0 Å². The highest BCUT2D eigenvalue weighted by atomic mass is 79.9. The van der Waals surface area contributed by atoms with Gasteiger partial charge in [-0.3, -0.25) is 0 Å². The molecule has 2 fully saturated rings. The summed E-state index contributed by atoms with van der Waals surface area (Å²) >= 11 is 5.27. The van der Waals surface area contributed by atoms with Gasteiger partial charge < -0.3 is 5.11 Å². The van der Waals surface area contributed by atoms with E-state index in [0.717, 1.165) is 22.7 Å². The molecule has 2 aliphatic carbocycles. The number of aliphatic hydroxyl groups excluding tert-OH is 1. The van der Waals surface area contributed by atoms with Gasteiger partial charge in [0, 0.05) is 15.8 Å². The number of halogens is 1. The molecule has 3 heteroatoms. The lowest BCUT2D eigenvalue weighted by molar-refractivity contribution is 0.136. The lowest BCUT2D eigenvalue weighted by Gasteiger charge is -2.11. The van der Waals surface area contributed by atoms with Gasteiger partial charge in [0.05, 0.1) is 6.10 Å². The van der Waals surface area contributed by atoms with E-state index in [-0.39, 0.29) is 6.10 Å². The summed E-state index contributed by atoms with van der Waals surface area (Å²) in [5.41, 5.74) is 0. The zero-order valence-corrected chi connectivity index (χ0v) is 10.9. The maximum atomic E-state index is 10.2. The Kier molecular flexibility index (Phi) is 2.65. The molecule has 15 heavy (non-hydrogen) atoms. The van der Waals surface area contributed by atoms with Crippen molar-refractivity contribution in [3.63, 3.8) is 0 Å². The molecule has 0 bridgehead atoms. The second-order valence-corrected chi connectivity index (χ2v) is 6.65. The third-order valence-corrected chi connectivity index (χ3v) is 5.95. The highest BCUT2D eigenvalue weighted by Crippen LogP contribution is 2.59. The number of rotatable bonds is 3. The first-order chi connectivity index (χ1) is 7.27. The van der Waals surface area contributed by atoms with Gasteiger partial charge in [-0.2, -0.15) is 0 Å². The Morgan fingerprint density at radius 1 is 1.47 bits per heavy atom. The average molecular weight is 287 g/mol. The molecule has 2 aliphatic rings. The highest BCUT2D eigenvalue weighted by molar-refractivity contribution is 9.10. The molecule has 1 nitrogen and oxygen atoms in total. The van der Waals surface area contributed by atoms with Crippen molar-refractivity contribution >= 4 is 27.3 Å². The third kappa shape index (κ3) is 1.79. The summed E-state index contributed by atoms with van der Waals surface area (Å²) in [6, 6.07) is 2.07. The van der Waals surface area contributed by atoms with Crippen molar-refractivity contribution in [2.24, 2.45) is 17.8 Å². The van der Waals surface area contributed by atoms with Crippen LogP contribution in [0, 0.1) is 17.8 Å². The number of thiophene rings is 1. The largest absolute Gasteiger partial charge is 0.392 e. The van der Waals surface area contributed by atoms with Gasteiger partial charge in [-0.05, 0) is 58.0 Å². The number of hydrogen-bond donors (Lipinski definition) is 1. The normalized spacial score (nSPS) is 35.2. The molecule has 3 rings (SSSR count). The molecule has 1 aromatic heterocycles. The van der Waals surface area contributed by atoms with Gasteiger partial charge in [-0.25, -0.2) is 0 Å². The first-order valence-corrected chi connectivity index (χ1v) is 7.34. The molecule has 3 atom stereocenters. The van der Waals surface area contributed by atoms with Gasteiger partial charge in [0.25, 0.3) is 0 Å². The lowest BCUT2D eigenvalue weighted by Crippen LogP contribution is -2.15. The van der Waals surface area contributed by atoms with Crippen LogP contribution in [-0.2, 0) is 6.42 Å². The van der Waals surface area contributed by atoms with Gasteiger partial charge in [0.1, 0.15) is 0 Å². The Morgan fingerprint density at radius 2 is 2.20 bits per heavy atom. The van der Waals surface area contributed by atoms with Crippen LogP contribution in [0.3, 0.4) is 0 Å². The van der Waals surface area contributed by atoms with Crippen LogP contribution in [-0.4, -0.2) is 11.2 Å². The van der Waals surface area contributed by atoms with E-state index in [2.05, 4.69) is 27.4 Å². The second kappa shape index (κ2) is 3.86. The Hall–Kier alpha value is 0.140. The molecular weight excluding hydrogens is 272 g/mol. The third-order valence-electron chi connectivity index (χ3n) is 4.00. The summed E-state index contributed by atoms with van der Waals surface area (Å²) in [7, 11) is 0. The minimum absolute atomic E-state index is 0.102. The zero-order chi connectivity index (χ0) is 10.4. The Morgan fingerprint density at radius 3 is 2.80 bits per heavy atom. The van der Waals surface area contributed by atoms with E-state index in [9.17, 15) is 5.11 Å². The predicted octanol–water partition coefficient (Wildman–Crippen LogP) is 3.46. The Bertz CT molecular complexity index is 352. The molecular formula is C12H15BrOS. The Balaban J connectivity index is 1.63. The van der Waals surface area contributed by atoms with Gasteiger partial charge in [0.2, 0.25) is 0 Å². The molecule has 0 amide bonds. The Labute approximate surface area is 103 Å². The number of aliphatic hydroxyl groups is 1. The first kappa shape index (κ1) is 10.3. The second-order valence-electron chi connectivity index (χ2n) is 4.80. The minimum Gasteiger partial charge on any atom is -0.392 e. The van der Waals surface area contributed by atoms with Crippen LogP contribution in [0.4, 0.5) is 0 Å². The molecule has 1 heterocycles. The minimum atomic E-state index is -0.102. The molecule has 0 saturated heterocycles. The molecule has 1 aromatic rings. The summed E-state index contributed by atoms with van der Waals surface area (Å²) in [5, 5.41) is 12.3. The standard InChI is InChI=1S/C12H15BrOS/c13-9-4-5-15-11(9)6-10(14)12-7-2-1-3-8(7)12/h4-5,7-8,10,12,14H,1-3,6H2. The van der Waals surface area contributed by atoms with Gasteiger partial charge in [0.15, 0.2) is 0 Å². The number of hydrogen-bond acceptors (Lipinski definition) is 2. The van der Waals surface area contributed by atoms with E-state index in [1.54, 1.807) is 11.3 Å². The molecule has 1 N–H and O–H groups in total. The SMILES string of the molecule is OC(Cc1sccc1Br)C1C2CCCC21. The fourth-order valence-corrected chi connectivity index (χ4v) is 4.81. The van der Waals surface area contributed by atoms with Gasteiger partial charge in [-0.1, -0.05) is 6.42 Å². The van der Waals surface area contributed by atoms with E-state index in [1.165, 1.54) is 24.1 Å². The van der Waals surface area contributed by atoms with E-state index < -0.39 is 0 Å². The molecule has 3 unspecified atom stereocenters. The fraction of sp³-hybridized carbons (Fsp3) is 0.667. The molecule has 0 spiro atoms. The van der Waals surface area contributed by atoms with Crippen LogP contribution in [0.5, 0.6) is 0 Å². The first-order valence-electron chi connectivity index (χ1n) is 5.67. The zero-order valence-electron chi connectivity index (χ0n) is 8.53. The monoisotopic (exact) mass is 286 g/mol. The van der Waals surface area contributed by atoms with Crippen LogP contribution in [0.25, 0.3) is 0 Å². The van der Waals surface area contributed by atoms with Gasteiger partial charge in [-0.15, -0.1) is 11.3 Å². The van der Waals surface area contributed by atoms with Crippen molar-refractivity contribution in [2.75, 3.05) is 0 Å². The molecule has 0 aromatic carbocycles. The fourth-order valence-electron chi connectivity index (χ4n) is 3.24. The van der Waals surface area contributed by atoms with Crippen LogP contribution < -0.4 is 0 Å². The van der Waals surface area contributed by atoms with Crippen molar-refractivity contribution in [1.29, 1.82) is 0 Å². The van der Waals surface area contributed by atoms with Crippen molar-refractivity contribution in [2.45, 2.75) is 31.8 Å². The van der Waals surface area contributed by atoms with Crippen LogP contribution in [0.15, 0.2) is 15.9 Å². The van der Waals surface area contributed by atoms with Crippen molar-refractivity contribution < 1.29 is 5.11 Å². The van der Waals surface area contributed by atoms with E-state index in [1.807, 2.05) is 0 Å². The van der Waals surface area contributed by atoms with Crippen LogP contribution >= 0.6 is 27.3 Å². The average Bonchev–Trinajstić information content (AvgIpc) is 2.60. The smallest absolute Gasteiger partial charge is 0.0622 e. The highest BCUT2D eigenvalue weighted by Gasteiger charge is 2.55. The lowest BCUT2D eigenvalue weighted by atomic mass is 10.0. The van der Waals surface area contributed by atoms with Crippen LogP contribution in [0.2, 0.25) is 0 Å². The predicted molar refractivity (Wildman–Crippen MR) is 66.1 cm³/mol. The van der Waals surface area contributed by atoms with Crippen LogP contribution in [0.1, 0.15) is 24.1 Å². The molecule has 2 saturated carbocycles. The van der Waals surface area contributed by atoms with Crippen molar-refractivity contribution in [3.8, 4) is 0 Å². The summed E-state index contributed by atoms with van der Waals surface area (Å²) in [5.74, 6) is 2.34. The molecule has 0 aliphatic heterocycles. The van der Waals surface area contributed by atoms with E-state index >= 15 is 0 Å². The van der Waals surface area contributed by atoms with Crippen molar-refractivity contribution in [3.05, 3.63) is 20.8 Å². The quantitative estimate of drug-likeness (QED) is 0.902.